The van der Waals surface area contributed by atoms with Gasteiger partial charge in [0, 0.05) is 18.7 Å². The lowest BCUT2D eigenvalue weighted by atomic mass is 10.1. The average molecular weight is 332 g/mol. The van der Waals surface area contributed by atoms with Gasteiger partial charge in [-0.05, 0) is 31.5 Å². The Labute approximate surface area is 135 Å². The highest BCUT2D eigenvalue weighted by atomic mass is 32.1. The summed E-state index contributed by atoms with van der Waals surface area (Å²) in [5, 5.41) is 0. The molecular weight excluding hydrogens is 318 g/mol. The van der Waals surface area contributed by atoms with Gasteiger partial charge in [0.05, 0.1) is 10.2 Å². The molecule has 1 heterocycles. The van der Waals surface area contributed by atoms with Crippen molar-refractivity contribution in [2.75, 3.05) is 0 Å². The van der Waals surface area contributed by atoms with Crippen LogP contribution >= 0.6 is 11.3 Å². The smallest absolute Gasteiger partial charge is 0.279 e. The number of hydrogen-bond donors (Lipinski definition) is 0. The van der Waals surface area contributed by atoms with Crippen LogP contribution in [0.25, 0.3) is 10.2 Å². The number of fused-ring (bicyclic) bond motifs is 1. The van der Waals surface area contributed by atoms with Gasteiger partial charge in [-0.25, -0.2) is 8.78 Å². The lowest BCUT2D eigenvalue weighted by Crippen LogP contribution is -2.14. The maximum absolute atomic E-state index is 13.9. The third-order valence-corrected chi connectivity index (χ3v) is 4.71. The summed E-state index contributed by atoms with van der Waals surface area (Å²) < 4.78 is 29.1. The Hall–Kier alpha value is -2.34. The molecule has 118 valence electrons. The molecule has 0 aliphatic carbocycles. The van der Waals surface area contributed by atoms with E-state index in [4.69, 9.17) is 0 Å². The Balaban J connectivity index is 2.16. The third-order valence-electron chi connectivity index (χ3n) is 3.63. The van der Waals surface area contributed by atoms with Gasteiger partial charge in [-0.15, -0.1) is 0 Å². The first kappa shape index (κ1) is 15.6. The van der Waals surface area contributed by atoms with Crippen LogP contribution in [0.2, 0.25) is 0 Å². The van der Waals surface area contributed by atoms with Gasteiger partial charge in [0.15, 0.2) is 10.6 Å². The number of benzene rings is 2. The Morgan fingerprint density at radius 2 is 1.91 bits per heavy atom. The highest BCUT2D eigenvalue weighted by Gasteiger charge is 2.13. The van der Waals surface area contributed by atoms with Gasteiger partial charge in [-0.2, -0.15) is 4.99 Å². The lowest BCUT2D eigenvalue weighted by molar-refractivity contribution is 0.0997. The lowest BCUT2D eigenvalue weighted by Gasteiger charge is -2.02. The topological polar surface area (TPSA) is 34.4 Å². The van der Waals surface area contributed by atoms with E-state index >= 15 is 0 Å². The molecule has 1 amide bonds. The van der Waals surface area contributed by atoms with Crippen molar-refractivity contribution < 1.29 is 13.6 Å². The summed E-state index contributed by atoms with van der Waals surface area (Å²) >= 11 is 1.08. The number of aryl methyl sites for hydroxylation is 3. The second kappa shape index (κ2) is 5.70. The fraction of sp³-hybridized carbons (Fsp3) is 0.176. The number of thiazole rings is 1. The molecule has 0 fully saturated rings. The van der Waals surface area contributed by atoms with E-state index in [0.717, 1.165) is 28.5 Å². The minimum atomic E-state index is -0.667. The second-order valence-corrected chi connectivity index (χ2v) is 6.42. The largest absolute Gasteiger partial charge is 0.317 e. The van der Waals surface area contributed by atoms with Crippen molar-refractivity contribution in [1.82, 2.24) is 4.57 Å². The molecule has 0 atom stereocenters. The van der Waals surface area contributed by atoms with E-state index in [1.807, 2.05) is 26.0 Å². The summed E-state index contributed by atoms with van der Waals surface area (Å²) in [5.41, 5.74) is 2.63. The number of aromatic nitrogens is 1. The minimum absolute atomic E-state index is 0.239. The monoisotopic (exact) mass is 332 g/mol. The van der Waals surface area contributed by atoms with Crippen molar-refractivity contribution >= 4 is 27.5 Å². The predicted molar refractivity (Wildman–Crippen MR) is 86.5 cm³/mol. The van der Waals surface area contributed by atoms with E-state index < -0.39 is 17.5 Å². The Morgan fingerprint density at radius 3 is 2.61 bits per heavy atom. The van der Waals surface area contributed by atoms with Crippen molar-refractivity contribution in [1.29, 1.82) is 0 Å². The highest BCUT2D eigenvalue weighted by Crippen LogP contribution is 2.21. The van der Waals surface area contributed by atoms with Crippen molar-refractivity contribution in [3.05, 3.63) is 63.5 Å². The molecule has 3 nitrogen and oxygen atoms in total. The molecule has 23 heavy (non-hydrogen) atoms. The molecule has 0 aliphatic heterocycles. The molecule has 0 spiro atoms. The number of nitrogens with zero attached hydrogens (tertiary/aromatic N) is 2. The minimum Gasteiger partial charge on any atom is -0.317 e. The van der Waals surface area contributed by atoms with Crippen LogP contribution in [0, 0.1) is 25.5 Å². The Morgan fingerprint density at radius 1 is 1.17 bits per heavy atom. The number of rotatable bonds is 1. The van der Waals surface area contributed by atoms with E-state index in [2.05, 4.69) is 4.99 Å². The van der Waals surface area contributed by atoms with E-state index in [0.29, 0.717) is 15.1 Å². The van der Waals surface area contributed by atoms with Crippen LogP contribution in [0.4, 0.5) is 8.78 Å². The molecule has 2 aromatic carbocycles. The summed E-state index contributed by atoms with van der Waals surface area (Å²) in [6.45, 7) is 3.79. The van der Waals surface area contributed by atoms with Crippen LogP contribution in [0.5, 0.6) is 0 Å². The molecule has 1 aromatic heterocycles. The Kier molecular flexibility index (Phi) is 3.85. The third kappa shape index (κ3) is 2.82. The summed E-state index contributed by atoms with van der Waals surface area (Å²) in [5.74, 6) is -1.71. The van der Waals surface area contributed by atoms with E-state index in [9.17, 15) is 13.6 Å². The zero-order valence-electron chi connectivity index (χ0n) is 12.9. The van der Waals surface area contributed by atoms with Gasteiger partial charge in [-0.1, -0.05) is 29.0 Å². The zero-order valence-corrected chi connectivity index (χ0v) is 13.7. The quantitative estimate of drug-likeness (QED) is 0.666. The summed E-state index contributed by atoms with van der Waals surface area (Å²) in [6.07, 6.45) is 0. The van der Waals surface area contributed by atoms with E-state index in [1.54, 1.807) is 13.1 Å². The van der Waals surface area contributed by atoms with Gasteiger partial charge < -0.3 is 4.57 Å². The molecule has 0 bridgehead atoms. The standard InChI is InChI=1S/C17H14F2N2OS/c1-9-4-5-12(10(2)6-9)16(22)20-17-21(3)15-13(19)7-11(18)8-14(15)23-17/h4-8H,1-3H3. The fourth-order valence-corrected chi connectivity index (χ4v) is 3.56. The SMILES string of the molecule is Cc1ccc(C(=O)N=c2sc3cc(F)cc(F)c3n2C)c(C)c1. The van der Waals surface area contributed by atoms with Gasteiger partial charge in [0.2, 0.25) is 0 Å². The van der Waals surface area contributed by atoms with Crippen molar-refractivity contribution in [2.45, 2.75) is 13.8 Å². The van der Waals surface area contributed by atoms with E-state index in [-0.39, 0.29) is 5.52 Å². The summed E-state index contributed by atoms with van der Waals surface area (Å²) in [7, 11) is 1.61. The van der Waals surface area contributed by atoms with Gasteiger partial charge in [-0.3, -0.25) is 4.79 Å². The normalized spacial score (nSPS) is 12.1. The average Bonchev–Trinajstić information content (AvgIpc) is 2.74. The number of carbonyl (C=O) groups is 1. The van der Waals surface area contributed by atoms with Crippen molar-refractivity contribution in [2.24, 2.45) is 12.0 Å². The van der Waals surface area contributed by atoms with Gasteiger partial charge in [0.1, 0.15) is 5.82 Å². The molecule has 0 radical (unpaired) electrons. The first-order valence-corrected chi connectivity index (χ1v) is 7.79. The molecule has 3 aromatic rings. The van der Waals surface area contributed by atoms with Crippen LogP contribution in [0.15, 0.2) is 35.3 Å². The summed E-state index contributed by atoms with van der Waals surface area (Å²) in [6, 6.07) is 7.54. The van der Waals surface area contributed by atoms with Crippen LogP contribution in [-0.4, -0.2) is 10.5 Å². The fourth-order valence-electron chi connectivity index (χ4n) is 2.51. The molecule has 0 unspecified atom stereocenters. The first-order chi connectivity index (χ1) is 10.9. The number of hydrogen-bond acceptors (Lipinski definition) is 2. The molecule has 6 heteroatoms. The second-order valence-electron chi connectivity index (χ2n) is 5.41. The molecule has 0 aliphatic rings. The van der Waals surface area contributed by atoms with Crippen molar-refractivity contribution in [3.8, 4) is 0 Å². The predicted octanol–water partition coefficient (Wildman–Crippen LogP) is 3.88. The molecule has 0 N–H and O–H groups in total. The molecule has 0 saturated heterocycles. The number of carbonyl (C=O) groups excluding carboxylic acids is 1. The molecule has 0 saturated carbocycles. The van der Waals surface area contributed by atoms with Gasteiger partial charge >= 0.3 is 0 Å². The van der Waals surface area contributed by atoms with Crippen LogP contribution in [0.1, 0.15) is 21.5 Å². The van der Waals surface area contributed by atoms with Crippen LogP contribution in [-0.2, 0) is 7.05 Å². The first-order valence-electron chi connectivity index (χ1n) is 6.97. The van der Waals surface area contributed by atoms with Crippen molar-refractivity contribution in [3.63, 3.8) is 0 Å². The Bertz CT molecular complexity index is 1000. The summed E-state index contributed by atoms with van der Waals surface area (Å²) in [4.78, 5) is 16.8. The molecule has 3 rings (SSSR count). The van der Waals surface area contributed by atoms with E-state index in [1.165, 1.54) is 10.6 Å². The highest BCUT2D eigenvalue weighted by molar-refractivity contribution is 7.16. The zero-order chi connectivity index (χ0) is 16.7. The van der Waals surface area contributed by atoms with Crippen LogP contribution < -0.4 is 4.80 Å². The maximum atomic E-state index is 13.9. The number of amides is 1. The van der Waals surface area contributed by atoms with Crippen LogP contribution in [0.3, 0.4) is 0 Å². The number of halogens is 2. The molecular formula is C17H14F2N2OS. The van der Waals surface area contributed by atoms with Gasteiger partial charge in [0.25, 0.3) is 5.91 Å². The maximum Gasteiger partial charge on any atom is 0.279 e.